The Bertz CT molecular complexity index is 866. The van der Waals surface area contributed by atoms with Gasteiger partial charge in [-0.3, -0.25) is 4.79 Å². The summed E-state index contributed by atoms with van der Waals surface area (Å²) < 4.78 is 18.9. The van der Waals surface area contributed by atoms with Crippen molar-refractivity contribution in [3.8, 4) is 5.75 Å². The van der Waals surface area contributed by atoms with Gasteiger partial charge in [0.1, 0.15) is 11.6 Å². The molecule has 0 aromatic heterocycles. The summed E-state index contributed by atoms with van der Waals surface area (Å²) in [5, 5.41) is 4.21. The number of ether oxygens (including phenoxy) is 1. The van der Waals surface area contributed by atoms with Gasteiger partial charge in [-0.25, -0.2) is 4.39 Å². The first-order valence-electron chi connectivity index (χ1n) is 9.37. The Morgan fingerprint density at radius 1 is 1.29 bits per heavy atom. The number of benzene rings is 2. The van der Waals surface area contributed by atoms with E-state index >= 15 is 0 Å². The average molecular weight is 384 g/mol. The summed E-state index contributed by atoms with van der Waals surface area (Å²) in [6.07, 6.45) is 0.321. The smallest absolute Gasteiger partial charge is 0.225 e. The fourth-order valence-corrected chi connectivity index (χ4v) is 3.27. The van der Waals surface area contributed by atoms with Gasteiger partial charge in [-0.05, 0) is 29.8 Å². The minimum atomic E-state index is -0.312. The SMILES string of the molecule is COc1ccccc1C1=NO[C@@H](CN(Cc2cccc(F)c2)C(=O)C(C)C)C1. The van der Waals surface area contributed by atoms with E-state index in [0.717, 1.165) is 22.6 Å². The van der Waals surface area contributed by atoms with E-state index in [0.29, 0.717) is 19.5 Å². The molecule has 0 radical (unpaired) electrons. The third-order valence-corrected chi connectivity index (χ3v) is 4.64. The molecule has 0 N–H and O–H groups in total. The largest absolute Gasteiger partial charge is 0.496 e. The molecular formula is C22H25FN2O3. The van der Waals surface area contributed by atoms with Crippen molar-refractivity contribution in [1.82, 2.24) is 4.90 Å². The lowest BCUT2D eigenvalue weighted by Gasteiger charge is -2.26. The molecule has 1 atom stereocenters. The molecule has 2 aromatic carbocycles. The predicted octanol–water partition coefficient (Wildman–Crippen LogP) is 4.01. The Hall–Kier alpha value is -2.89. The summed E-state index contributed by atoms with van der Waals surface area (Å²) in [5.74, 6) is 0.261. The molecule has 1 amide bonds. The van der Waals surface area contributed by atoms with Crippen LogP contribution in [-0.4, -0.2) is 36.3 Å². The van der Waals surface area contributed by atoms with Crippen LogP contribution in [0.3, 0.4) is 0 Å². The van der Waals surface area contributed by atoms with E-state index in [1.807, 2.05) is 44.2 Å². The maximum Gasteiger partial charge on any atom is 0.225 e. The number of hydrogen-bond donors (Lipinski definition) is 0. The van der Waals surface area contributed by atoms with E-state index in [4.69, 9.17) is 9.57 Å². The molecule has 0 unspecified atom stereocenters. The van der Waals surface area contributed by atoms with Crippen LogP contribution in [0.25, 0.3) is 0 Å². The molecule has 0 spiro atoms. The number of nitrogens with zero attached hydrogens (tertiary/aromatic N) is 2. The molecule has 1 aliphatic rings. The highest BCUT2D eigenvalue weighted by molar-refractivity contribution is 6.03. The highest BCUT2D eigenvalue weighted by Crippen LogP contribution is 2.25. The fourth-order valence-electron chi connectivity index (χ4n) is 3.27. The standard InChI is InChI=1S/C22H25FN2O3/c1-15(2)22(26)25(13-16-7-6-8-17(23)11-16)14-18-12-20(24-28-18)19-9-4-5-10-21(19)27-3/h4-11,15,18H,12-14H2,1-3H3/t18-/m1/s1. The second kappa shape index (κ2) is 8.87. The lowest BCUT2D eigenvalue weighted by Crippen LogP contribution is -2.39. The molecule has 0 bridgehead atoms. The summed E-state index contributed by atoms with van der Waals surface area (Å²) in [6, 6.07) is 14.0. The van der Waals surface area contributed by atoms with Crippen molar-refractivity contribution in [3.05, 3.63) is 65.5 Å². The molecule has 28 heavy (non-hydrogen) atoms. The highest BCUT2D eigenvalue weighted by Gasteiger charge is 2.28. The highest BCUT2D eigenvalue weighted by atomic mass is 19.1. The maximum absolute atomic E-state index is 13.5. The third-order valence-electron chi connectivity index (χ3n) is 4.64. The Balaban J connectivity index is 1.71. The van der Waals surface area contributed by atoms with E-state index in [-0.39, 0.29) is 23.7 Å². The number of oxime groups is 1. The molecule has 2 aromatic rings. The predicted molar refractivity (Wildman–Crippen MR) is 106 cm³/mol. The van der Waals surface area contributed by atoms with E-state index in [2.05, 4.69) is 5.16 Å². The molecule has 6 heteroatoms. The van der Waals surface area contributed by atoms with Crippen LogP contribution in [0, 0.1) is 11.7 Å². The van der Waals surface area contributed by atoms with Gasteiger partial charge >= 0.3 is 0 Å². The Morgan fingerprint density at radius 2 is 2.07 bits per heavy atom. The van der Waals surface area contributed by atoms with Crippen molar-refractivity contribution in [2.24, 2.45) is 11.1 Å². The van der Waals surface area contributed by atoms with Crippen molar-refractivity contribution in [3.63, 3.8) is 0 Å². The Kier molecular flexibility index (Phi) is 6.29. The number of para-hydroxylation sites is 1. The van der Waals surface area contributed by atoms with Gasteiger partial charge in [0, 0.05) is 24.4 Å². The molecule has 0 aliphatic carbocycles. The first kappa shape index (κ1) is 19.9. The number of halogens is 1. The van der Waals surface area contributed by atoms with E-state index in [1.54, 1.807) is 18.1 Å². The van der Waals surface area contributed by atoms with Gasteiger partial charge in [0.25, 0.3) is 0 Å². The monoisotopic (exact) mass is 384 g/mol. The van der Waals surface area contributed by atoms with Gasteiger partial charge in [0.15, 0.2) is 6.10 Å². The molecular weight excluding hydrogens is 359 g/mol. The number of hydrogen-bond acceptors (Lipinski definition) is 4. The lowest BCUT2D eigenvalue weighted by atomic mass is 10.0. The topological polar surface area (TPSA) is 51.1 Å². The second-order valence-corrected chi connectivity index (χ2v) is 7.17. The van der Waals surface area contributed by atoms with Crippen molar-refractivity contribution in [2.75, 3.05) is 13.7 Å². The van der Waals surface area contributed by atoms with Gasteiger partial charge in [-0.2, -0.15) is 0 Å². The fraction of sp³-hybridized carbons (Fsp3) is 0.364. The molecule has 3 rings (SSSR count). The van der Waals surface area contributed by atoms with Crippen LogP contribution >= 0.6 is 0 Å². The van der Waals surface area contributed by atoms with Gasteiger partial charge < -0.3 is 14.5 Å². The van der Waals surface area contributed by atoms with Gasteiger partial charge in [-0.1, -0.05) is 43.3 Å². The summed E-state index contributed by atoms with van der Waals surface area (Å²) in [6.45, 7) is 4.43. The minimum absolute atomic E-state index is 0.00129. The van der Waals surface area contributed by atoms with Crippen LogP contribution < -0.4 is 4.74 Å². The molecule has 5 nitrogen and oxygen atoms in total. The first-order chi connectivity index (χ1) is 13.5. The van der Waals surface area contributed by atoms with Crippen molar-refractivity contribution in [2.45, 2.75) is 32.9 Å². The van der Waals surface area contributed by atoms with Crippen LogP contribution in [0.5, 0.6) is 5.75 Å². The second-order valence-electron chi connectivity index (χ2n) is 7.17. The summed E-state index contributed by atoms with van der Waals surface area (Å²) in [4.78, 5) is 20.0. The average Bonchev–Trinajstić information content (AvgIpc) is 3.15. The van der Waals surface area contributed by atoms with Crippen LogP contribution in [0.1, 0.15) is 31.4 Å². The summed E-state index contributed by atoms with van der Waals surface area (Å²) >= 11 is 0. The molecule has 0 saturated heterocycles. The van der Waals surface area contributed by atoms with Crippen LogP contribution in [0.4, 0.5) is 4.39 Å². The normalized spacial score (nSPS) is 15.9. The van der Waals surface area contributed by atoms with Crippen molar-refractivity contribution in [1.29, 1.82) is 0 Å². The van der Waals surface area contributed by atoms with Crippen molar-refractivity contribution >= 4 is 11.6 Å². The summed E-state index contributed by atoms with van der Waals surface area (Å²) in [7, 11) is 1.62. The molecule has 148 valence electrons. The minimum Gasteiger partial charge on any atom is -0.496 e. The zero-order valence-electron chi connectivity index (χ0n) is 16.4. The number of methoxy groups -OCH3 is 1. The number of carbonyl (C=O) groups excluding carboxylic acids is 1. The molecule has 0 fully saturated rings. The number of carbonyl (C=O) groups is 1. The third kappa shape index (κ3) is 4.68. The molecule has 1 aliphatic heterocycles. The Morgan fingerprint density at radius 3 is 2.79 bits per heavy atom. The number of amides is 1. The van der Waals surface area contributed by atoms with Crippen LogP contribution in [0.15, 0.2) is 53.7 Å². The quantitative estimate of drug-likeness (QED) is 0.725. The van der Waals surface area contributed by atoms with Crippen molar-refractivity contribution < 1.29 is 18.8 Å². The van der Waals surface area contributed by atoms with E-state index in [9.17, 15) is 9.18 Å². The summed E-state index contributed by atoms with van der Waals surface area (Å²) in [5.41, 5.74) is 2.43. The van der Waals surface area contributed by atoms with Gasteiger partial charge in [0.05, 0.1) is 19.4 Å². The van der Waals surface area contributed by atoms with Crippen LogP contribution in [0.2, 0.25) is 0 Å². The Labute approximate surface area is 164 Å². The van der Waals surface area contributed by atoms with Crippen LogP contribution in [-0.2, 0) is 16.2 Å². The molecule has 0 saturated carbocycles. The molecule has 1 heterocycles. The zero-order chi connectivity index (χ0) is 20.1. The van der Waals surface area contributed by atoms with Gasteiger partial charge in [-0.15, -0.1) is 0 Å². The van der Waals surface area contributed by atoms with E-state index < -0.39 is 0 Å². The zero-order valence-corrected chi connectivity index (χ0v) is 16.4. The van der Waals surface area contributed by atoms with Gasteiger partial charge in [0.2, 0.25) is 5.91 Å². The number of rotatable bonds is 7. The first-order valence-corrected chi connectivity index (χ1v) is 9.37. The lowest BCUT2D eigenvalue weighted by molar-refractivity contribution is -0.137. The van der Waals surface area contributed by atoms with E-state index in [1.165, 1.54) is 12.1 Å². The maximum atomic E-state index is 13.5.